The molecule has 2 N–H and O–H groups in total. The van der Waals surface area contributed by atoms with Crippen LogP contribution < -0.4 is 0 Å². The Bertz CT molecular complexity index is 818. The molecule has 0 aliphatic rings. The number of rotatable bonds is 10. The number of aliphatic carboxylic acids is 1. The average molecular weight is 371 g/mol. The summed E-state index contributed by atoms with van der Waals surface area (Å²) in [7, 11) is 0. The summed E-state index contributed by atoms with van der Waals surface area (Å²) in [6.07, 6.45) is -1.07. The summed E-state index contributed by atoms with van der Waals surface area (Å²) in [5, 5.41) is 25.4. The molecule has 0 amide bonds. The highest BCUT2D eigenvalue weighted by Crippen LogP contribution is 2.21. The van der Waals surface area contributed by atoms with Crippen molar-refractivity contribution in [3.63, 3.8) is 0 Å². The SMILES string of the molecule is CC(C)C(CC(O)C(COCc1ccc2ccccc2c1)N=[N+]=[N-])C(=O)O. The third kappa shape index (κ3) is 5.96. The highest BCUT2D eigenvalue weighted by Gasteiger charge is 2.28. The largest absolute Gasteiger partial charge is 0.481 e. The molecule has 0 fully saturated rings. The number of aliphatic hydroxyl groups is 1. The van der Waals surface area contributed by atoms with Gasteiger partial charge in [0.05, 0.1) is 31.3 Å². The van der Waals surface area contributed by atoms with Crippen LogP contribution in [0.4, 0.5) is 0 Å². The molecule has 0 heterocycles. The molecule has 0 radical (unpaired) electrons. The van der Waals surface area contributed by atoms with Crippen molar-refractivity contribution in [1.29, 1.82) is 0 Å². The van der Waals surface area contributed by atoms with Crippen LogP contribution >= 0.6 is 0 Å². The number of benzene rings is 2. The minimum absolute atomic E-state index is 0.00994. The number of aliphatic hydroxyl groups excluding tert-OH is 1. The van der Waals surface area contributed by atoms with Crippen molar-refractivity contribution in [3.05, 3.63) is 58.5 Å². The van der Waals surface area contributed by atoms with Gasteiger partial charge in [-0.15, -0.1) is 0 Å². The van der Waals surface area contributed by atoms with E-state index < -0.39 is 24.0 Å². The molecule has 3 atom stereocenters. The molecule has 0 aliphatic heterocycles. The lowest BCUT2D eigenvalue weighted by molar-refractivity contribution is -0.144. The van der Waals surface area contributed by atoms with E-state index in [0.29, 0.717) is 6.61 Å². The van der Waals surface area contributed by atoms with Gasteiger partial charge in [0.25, 0.3) is 0 Å². The van der Waals surface area contributed by atoms with Crippen LogP contribution in [-0.2, 0) is 16.1 Å². The van der Waals surface area contributed by atoms with Crippen LogP contribution in [-0.4, -0.2) is 34.9 Å². The fraction of sp³-hybridized carbons (Fsp3) is 0.450. The number of carbonyl (C=O) groups is 1. The van der Waals surface area contributed by atoms with Gasteiger partial charge >= 0.3 is 5.97 Å². The van der Waals surface area contributed by atoms with Crippen LogP contribution in [0.3, 0.4) is 0 Å². The molecule has 0 saturated carbocycles. The topological polar surface area (TPSA) is 116 Å². The Morgan fingerprint density at radius 2 is 1.93 bits per heavy atom. The molecule has 0 aromatic heterocycles. The van der Waals surface area contributed by atoms with E-state index in [4.69, 9.17) is 10.3 Å². The van der Waals surface area contributed by atoms with Gasteiger partial charge in [0.15, 0.2) is 0 Å². The molecule has 0 bridgehead atoms. The first-order chi connectivity index (χ1) is 12.9. The van der Waals surface area contributed by atoms with Crippen LogP contribution in [0.2, 0.25) is 0 Å². The highest BCUT2D eigenvalue weighted by molar-refractivity contribution is 5.82. The molecular formula is C20H25N3O4. The molecule has 2 aromatic rings. The van der Waals surface area contributed by atoms with E-state index in [0.717, 1.165) is 16.3 Å². The first kappa shape index (κ1) is 20.7. The summed E-state index contributed by atoms with van der Waals surface area (Å²) in [6.45, 7) is 3.89. The summed E-state index contributed by atoms with van der Waals surface area (Å²) in [6, 6.07) is 13.1. The van der Waals surface area contributed by atoms with Crippen molar-refractivity contribution in [1.82, 2.24) is 0 Å². The standard InChI is InChI=1S/C20H25N3O4/c1-13(2)17(20(25)26)10-19(24)18(22-23-21)12-27-11-14-7-8-15-5-3-4-6-16(15)9-14/h3-9,13,17-19,24H,10-12H2,1-2H3,(H,25,26). The summed E-state index contributed by atoms with van der Waals surface area (Å²) in [5.74, 6) is -1.82. The van der Waals surface area contributed by atoms with E-state index >= 15 is 0 Å². The summed E-state index contributed by atoms with van der Waals surface area (Å²) in [4.78, 5) is 14.1. The zero-order chi connectivity index (χ0) is 19.8. The molecule has 0 aliphatic carbocycles. The summed E-state index contributed by atoms with van der Waals surface area (Å²) in [5.41, 5.74) is 9.71. The summed E-state index contributed by atoms with van der Waals surface area (Å²) < 4.78 is 5.63. The van der Waals surface area contributed by atoms with E-state index in [1.54, 1.807) is 13.8 Å². The van der Waals surface area contributed by atoms with Crippen molar-refractivity contribution < 1.29 is 19.7 Å². The lowest BCUT2D eigenvalue weighted by atomic mass is 9.88. The third-order valence-corrected chi connectivity index (χ3v) is 4.63. The van der Waals surface area contributed by atoms with Gasteiger partial charge in [-0.2, -0.15) is 0 Å². The second-order valence-electron chi connectivity index (χ2n) is 6.96. The van der Waals surface area contributed by atoms with Gasteiger partial charge in [-0.1, -0.05) is 55.4 Å². The minimum atomic E-state index is -1.08. The zero-order valence-electron chi connectivity index (χ0n) is 15.5. The Morgan fingerprint density at radius 3 is 2.56 bits per heavy atom. The van der Waals surface area contributed by atoms with E-state index in [-0.39, 0.29) is 18.9 Å². The molecule has 0 spiro atoms. The van der Waals surface area contributed by atoms with Gasteiger partial charge in [-0.05, 0) is 40.3 Å². The van der Waals surface area contributed by atoms with E-state index in [9.17, 15) is 15.0 Å². The van der Waals surface area contributed by atoms with Gasteiger partial charge in [0.2, 0.25) is 0 Å². The van der Waals surface area contributed by atoms with E-state index in [2.05, 4.69) is 10.0 Å². The van der Waals surface area contributed by atoms with Gasteiger partial charge in [0, 0.05) is 4.91 Å². The molecule has 7 nitrogen and oxygen atoms in total. The second-order valence-corrected chi connectivity index (χ2v) is 6.96. The van der Waals surface area contributed by atoms with Gasteiger partial charge < -0.3 is 14.9 Å². The normalized spacial score (nSPS) is 14.5. The van der Waals surface area contributed by atoms with Crippen molar-refractivity contribution in [2.45, 2.75) is 39.0 Å². The van der Waals surface area contributed by atoms with E-state index in [1.807, 2.05) is 42.5 Å². The molecule has 2 rings (SSSR count). The minimum Gasteiger partial charge on any atom is -0.481 e. The van der Waals surface area contributed by atoms with Gasteiger partial charge in [-0.3, -0.25) is 4.79 Å². The molecule has 0 saturated heterocycles. The van der Waals surface area contributed by atoms with E-state index in [1.165, 1.54) is 0 Å². The lowest BCUT2D eigenvalue weighted by Crippen LogP contribution is -2.34. The van der Waals surface area contributed by atoms with Crippen LogP contribution in [0.15, 0.2) is 47.6 Å². The zero-order valence-corrected chi connectivity index (χ0v) is 15.5. The number of ether oxygens (including phenoxy) is 1. The maximum absolute atomic E-state index is 11.3. The lowest BCUT2D eigenvalue weighted by Gasteiger charge is -2.23. The van der Waals surface area contributed by atoms with Crippen LogP contribution in [0, 0.1) is 11.8 Å². The van der Waals surface area contributed by atoms with Crippen LogP contribution in [0.1, 0.15) is 25.8 Å². The van der Waals surface area contributed by atoms with Crippen LogP contribution in [0.5, 0.6) is 0 Å². The predicted octanol–water partition coefficient (Wildman–Crippen LogP) is 4.14. The Kier molecular flexibility index (Phi) is 7.61. The van der Waals surface area contributed by atoms with Gasteiger partial charge in [-0.25, -0.2) is 0 Å². The van der Waals surface area contributed by atoms with Crippen molar-refractivity contribution >= 4 is 16.7 Å². The number of hydrogen-bond acceptors (Lipinski definition) is 4. The smallest absolute Gasteiger partial charge is 0.306 e. The molecule has 7 heteroatoms. The monoisotopic (exact) mass is 371 g/mol. The molecule has 27 heavy (non-hydrogen) atoms. The first-order valence-corrected chi connectivity index (χ1v) is 8.93. The molecule has 3 unspecified atom stereocenters. The Balaban J connectivity index is 1.96. The molecule has 144 valence electrons. The number of fused-ring (bicyclic) bond motifs is 1. The maximum atomic E-state index is 11.3. The fourth-order valence-corrected chi connectivity index (χ4v) is 2.99. The van der Waals surface area contributed by atoms with Crippen molar-refractivity contribution in [2.75, 3.05) is 6.61 Å². The quantitative estimate of drug-likeness (QED) is 0.371. The van der Waals surface area contributed by atoms with Crippen molar-refractivity contribution in [2.24, 2.45) is 17.0 Å². The van der Waals surface area contributed by atoms with Crippen molar-refractivity contribution in [3.8, 4) is 0 Å². The van der Waals surface area contributed by atoms with Gasteiger partial charge in [0.1, 0.15) is 0 Å². The summed E-state index contributed by atoms with van der Waals surface area (Å²) >= 11 is 0. The second kappa shape index (κ2) is 9.92. The Hall–Kier alpha value is -2.60. The van der Waals surface area contributed by atoms with Crippen LogP contribution in [0.25, 0.3) is 21.2 Å². The molecule has 2 aromatic carbocycles. The Labute approximate surface area is 158 Å². The molecular weight excluding hydrogens is 346 g/mol. The number of carboxylic acid groups (broad SMARTS) is 1. The maximum Gasteiger partial charge on any atom is 0.306 e. The number of carboxylic acids is 1. The number of hydrogen-bond donors (Lipinski definition) is 2. The third-order valence-electron chi connectivity index (χ3n) is 4.63. The average Bonchev–Trinajstić information content (AvgIpc) is 2.64. The number of azide groups is 1. The number of nitrogens with zero attached hydrogens (tertiary/aromatic N) is 3. The highest BCUT2D eigenvalue weighted by atomic mass is 16.5. The Morgan fingerprint density at radius 1 is 1.22 bits per heavy atom. The fourth-order valence-electron chi connectivity index (χ4n) is 2.99. The predicted molar refractivity (Wildman–Crippen MR) is 103 cm³/mol. The first-order valence-electron chi connectivity index (χ1n) is 8.93.